The molecular formula is C20H18F3N5O. The molecule has 0 atom stereocenters. The van der Waals surface area contributed by atoms with Crippen molar-refractivity contribution in [2.75, 3.05) is 23.3 Å². The Balaban J connectivity index is 1.54. The predicted octanol–water partition coefficient (Wildman–Crippen LogP) is 4.62. The van der Waals surface area contributed by atoms with Gasteiger partial charge in [-0.2, -0.15) is 13.9 Å². The van der Waals surface area contributed by atoms with Crippen LogP contribution in [0.15, 0.2) is 48.8 Å². The van der Waals surface area contributed by atoms with Crippen molar-refractivity contribution < 1.29 is 17.9 Å². The number of halogens is 3. The van der Waals surface area contributed by atoms with Crippen LogP contribution in [0.3, 0.4) is 0 Å². The molecule has 1 aromatic carbocycles. The van der Waals surface area contributed by atoms with Gasteiger partial charge >= 0.3 is 6.61 Å². The molecule has 29 heavy (non-hydrogen) atoms. The summed E-state index contributed by atoms with van der Waals surface area (Å²) in [6.07, 6.45) is 4.91. The number of nitrogens with zero attached hydrogens (tertiary/aromatic N) is 4. The lowest BCUT2D eigenvalue weighted by atomic mass is 10.1. The van der Waals surface area contributed by atoms with Crippen LogP contribution in [0.4, 0.5) is 30.5 Å². The summed E-state index contributed by atoms with van der Waals surface area (Å²) in [5.74, 6) is 0.643. The van der Waals surface area contributed by atoms with E-state index in [0.717, 1.165) is 31.5 Å². The lowest BCUT2D eigenvalue weighted by Gasteiger charge is -2.17. The molecule has 9 heteroatoms. The molecule has 1 saturated heterocycles. The molecule has 0 spiro atoms. The number of rotatable bonds is 6. The normalized spacial score (nSPS) is 13.7. The summed E-state index contributed by atoms with van der Waals surface area (Å²) in [6.45, 7) is -1.07. The van der Waals surface area contributed by atoms with Crippen LogP contribution < -0.4 is 15.0 Å². The molecule has 1 aliphatic rings. The van der Waals surface area contributed by atoms with Gasteiger partial charge < -0.3 is 15.0 Å². The molecule has 150 valence electrons. The first-order valence-corrected chi connectivity index (χ1v) is 9.14. The second-order valence-corrected chi connectivity index (χ2v) is 6.57. The van der Waals surface area contributed by atoms with Crippen molar-refractivity contribution in [1.82, 2.24) is 15.2 Å². The van der Waals surface area contributed by atoms with Gasteiger partial charge in [-0.3, -0.25) is 0 Å². The Morgan fingerprint density at radius 1 is 1.00 bits per heavy atom. The fourth-order valence-electron chi connectivity index (χ4n) is 3.20. The molecule has 6 nitrogen and oxygen atoms in total. The largest absolute Gasteiger partial charge is 0.435 e. The summed E-state index contributed by atoms with van der Waals surface area (Å²) >= 11 is 0. The van der Waals surface area contributed by atoms with Crippen LogP contribution in [0.2, 0.25) is 0 Å². The highest BCUT2D eigenvalue weighted by atomic mass is 19.3. The number of pyridine rings is 1. The van der Waals surface area contributed by atoms with E-state index in [1.54, 1.807) is 24.3 Å². The fourth-order valence-corrected chi connectivity index (χ4v) is 3.20. The Morgan fingerprint density at radius 2 is 1.76 bits per heavy atom. The molecule has 0 unspecified atom stereocenters. The van der Waals surface area contributed by atoms with Gasteiger partial charge in [0, 0.05) is 24.7 Å². The van der Waals surface area contributed by atoms with E-state index in [-0.39, 0.29) is 11.4 Å². The minimum atomic E-state index is -2.88. The zero-order chi connectivity index (χ0) is 20.2. The van der Waals surface area contributed by atoms with E-state index in [0.29, 0.717) is 17.2 Å². The molecule has 1 aliphatic heterocycles. The monoisotopic (exact) mass is 401 g/mol. The van der Waals surface area contributed by atoms with Crippen LogP contribution in [-0.4, -0.2) is 34.9 Å². The number of ether oxygens (including phenoxy) is 1. The number of aromatic nitrogens is 3. The maximum Gasteiger partial charge on any atom is 0.387 e. The molecule has 3 aromatic rings. The number of anilines is 3. The molecule has 0 aliphatic carbocycles. The molecule has 0 bridgehead atoms. The van der Waals surface area contributed by atoms with Crippen molar-refractivity contribution >= 4 is 17.3 Å². The van der Waals surface area contributed by atoms with Gasteiger partial charge in [0.1, 0.15) is 11.6 Å². The SMILES string of the molecule is Fc1cnc(N2CCCC2)cc1Nc1cc(-c2ccc(OC(F)F)cc2)cnn1. The summed E-state index contributed by atoms with van der Waals surface area (Å²) in [4.78, 5) is 6.27. The maximum absolute atomic E-state index is 14.2. The van der Waals surface area contributed by atoms with Gasteiger partial charge in [0.25, 0.3) is 0 Å². The maximum atomic E-state index is 14.2. The second-order valence-electron chi connectivity index (χ2n) is 6.57. The number of alkyl halides is 2. The van der Waals surface area contributed by atoms with Gasteiger partial charge in [-0.25, -0.2) is 9.37 Å². The lowest BCUT2D eigenvalue weighted by Crippen LogP contribution is -2.19. The average Bonchev–Trinajstić information content (AvgIpc) is 3.25. The Labute approximate surface area is 165 Å². The molecule has 0 amide bonds. The Bertz CT molecular complexity index is 978. The summed E-state index contributed by atoms with van der Waals surface area (Å²) < 4.78 is 43.2. The van der Waals surface area contributed by atoms with E-state index in [9.17, 15) is 13.2 Å². The summed E-state index contributed by atoms with van der Waals surface area (Å²) in [6, 6.07) is 9.52. The molecule has 4 rings (SSSR count). The van der Waals surface area contributed by atoms with Crippen LogP contribution in [0.25, 0.3) is 11.1 Å². The lowest BCUT2D eigenvalue weighted by molar-refractivity contribution is -0.0498. The van der Waals surface area contributed by atoms with Gasteiger partial charge in [0.05, 0.1) is 18.1 Å². The van der Waals surface area contributed by atoms with Gasteiger partial charge in [-0.1, -0.05) is 12.1 Å². The Kier molecular flexibility index (Phi) is 5.46. The van der Waals surface area contributed by atoms with E-state index >= 15 is 0 Å². The quantitative estimate of drug-likeness (QED) is 0.650. The van der Waals surface area contributed by atoms with Gasteiger partial charge in [-0.05, 0) is 36.6 Å². The van der Waals surface area contributed by atoms with E-state index in [2.05, 4.69) is 30.1 Å². The zero-order valence-electron chi connectivity index (χ0n) is 15.4. The Hall–Kier alpha value is -3.36. The first-order valence-electron chi connectivity index (χ1n) is 9.14. The van der Waals surface area contributed by atoms with Crippen LogP contribution in [-0.2, 0) is 0 Å². The molecule has 2 aromatic heterocycles. The third-order valence-corrected chi connectivity index (χ3v) is 4.60. The van der Waals surface area contributed by atoms with Crippen molar-refractivity contribution in [2.24, 2.45) is 0 Å². The van der Waals surface area contributed by atoms with E-state index in [1.807, 2.05) is 0 Å². The van der Waals surface area contributed by atoms with Crippen LogP contribution in [0, 0.1) is 5.82 Å². The third kappa shape index (κ3) is 4.56. The number of nitrogens with one attached hydrogen (secondary N) is 1. The number of hydrogen-bond donors (Lipinski definition) is 1. The molecule has 0 saturated carbocycles. The van der Waals surface area contributed by atoms with Gasteiger partial charge in [0.15, 0.2) is 11.6 Å². The minimum absolute atomic E-state index is 0.0670. The van der Waals surface area contributed by atoms with Crippen LogP contribution in [0.1, 0.15) is 12.8 Å². The van der Waals surface area contributed by atoms with Crippen molar-refractivity contribution in [2.45, 2.75) is 19.5 Å². The van der Waals surface area contributed by atoms with E-state index < -0.39 is 12.4 Å². The van der Waals surface area contributed by atoms with Crippen LogP contribution >= 0.6 is 0 Å². The zero-order valence-corrected chi connectivity index (χ0v) is 15.4. The highest BCUT2D eigenvalue weighted by Crippen LogP contribution is 2.28. The summed E-state index contributed by atoms with van der Waals surface area (Å²) in [5.41, 5.74) is 1.69. The van der Waals surface area contributed by atoms with Crippen molar-refractivity contribution in [3.8, 4) is 16.9 Å². The molecule has 0 radical (unpaired) electrons. The van der Waals surface area contributed by atoms with Gasteiger partial charge in [0.2, 0.25) is 0 Å². The molecule has 1 fully saturated rings. The number of benzene rings is 1. The molecular weight excluding hydrogens is 383 g/mol. The highest BCUT2D eigenvalue weighted by molar-refractivity contribution is 5.69. The minimum Gasteiger partial charge on any atom is -0.435 e. The second kappa shape index (κ2) is 8.34. The van der Waals surface area contributed by atoms with Crippen molar-refractivity contribution in [1.29, 1.82) is 0 Å². The Morgan fingerprint density at radius 3 is 2.48 bits per heavy atom. The average molecular weight is 401 g/mol. The standard InChI is InChI=1S/C20H18F3N5O/c21-16-12-24-19(28-7-1-2-8-28)10-17(16)26-18-9-14(11-25-27-18)13-3-5-15(6-4-13)29-20(22)23/h3-6,9-12,20H,1-2,7-8H2,(H,24,26,27). The summed E-state index contributed by atoms with van der Waals surface area (Å²) in [7, 11) is 0. The molecule has 1 N–H and O–H groups in total. The first kappa shape index (κ1) is 19.0. The highest BCUT2D eigenvalue weighted by Gasteiger charge is 2.16. The van der Waals surface area contributed by atoms with Gasteiger partial charge in [-0.15, -0.1) is 5.10 Å². The first-order chi connectivity index (χ1) is 14.1. The third-order valence-electron chi connectivity index (χ3n) is 4.60. The fraction of sp³-hybridized carbons (Fsp3) is 0.250. The van der Waals surface area contributed by atoms with E-state index in [1.165, 1.54) is 24.5 Å². The predicted molar refractivity (Wildman–Crippen MR) is 103 cm³/mol. The van der Waals surface area contributed by atoms with Crippen molar-refractivity contribution in [3.63, 3.8) is 0 Å². The topological polar surface area (TPSA) is 63.2 Å². The number of hydrogen-bond acceptors (Lipinski definition) is 6. The smallest absolute Gasteiger partial charge is 0.387 e. The molecule has 3 heterocycles. The van der Waals surface area contributed by atoms with Crippen molar-refractivity contribution in [3.05, 3.63) is 54.6 Å². The van der Waals surface area contributed by atoms with Crippen LogP contribution in [0.5, 0.6) is 5.75 Å². The summed E-state index contributed by atoms with van der Waals surface area (Å²) in [5, 5.41) is 10.9. The van der Waals surface area contributed by atoms with E-state index in [4.69, 9.17) is 0 Å².